The molecule has 5 heteroatoms. The Hall–Kier alpha value is -3.21. The lowest BCUT2D eigenvalue weighted by Crippen LogP contribution is -2.26. The highest BCUT2D eigenvalue weighted by molar-refractivity contribution is 6.06. The zero-order valence-electron chi connectivity index (χ0n) is 16.0. The number of nitrogens with zero attached hydrogens (tertiary/aromatic N) is 1. The standard InChI is InChI=1S/C22H23NO4/c1-23(14-16-12-13-19(25-2)21(27-4)20(16)26-3)22(24)18-11-7-9-15-8-5-6-10-17(15)18/h5-13H,14H2,1-4H3. The Bertz CT molecular complexity index is 962. The monoisotopic (exact) mass is 365 g/mol. The van der Waals surface area contributed by atoms with E-state index in [0.29, 0.717) is 29.4 Å². The molecule has 5 nitrogen and oxygen atoms in total. The average Bonchev–Trinajstić information content (AvgIpc) is 2.72. The molecule has 0 aliphatic carbocycles. The molecule has 0 heterocycles. The second-order valence-corrected chi connectivity index (χ2v) is 6.18. The normalized spacial score (nSPS) is 10.5. The van der Waals surface area contributed by atoms with Crippen molar-refractivity contribution in [3.8, 4) is 17.2 Å². The van der Waals surface area contributed by atoms with Gasteiger partial charge in [0.15, 0.2) is 11.5 Å². The van der Waals surface area contributed by atoms with Crippen LogP contribution in [0.1, 0.15) is 15.9 Å². The molecule has 3 aromatic carbocycles. The number of rotatable bonds is 6. The Morgan fingerprint density at radius 2 is 1.56 bits per heavy atom. The maximum Gasteiger partial charge on any atom is 0.254 e. The third-order valence-corrected chi connectivity index (χ3v) is 4.56. The molecule has 1 amide bonds. The van der Waals surface area contributed by atoms with Gasteiger partial charge in [0.1, 0.15) is 0 Å². The third kappa shape index (κ3) is 3.53. The minimum Gasteiger partial charge on any atom is -0.493 e. The van der Waals surface area contributed by atoms with Crippen LogP contribution >= 0.6 is 0 Å². The van der Waals surface area contributed by atoms with Crippen molar-refractivity contribution in [1.29, 1.82) is 0 Å². The lowest BCUT2D eigenvalue weighted by Gasteiger charge is -2.21. The number of benzene rings is 3. The van der Waals surface area contributed by atoms with Crippen molar-refractivity contribution in [1.82, 2.24) is 4.90 Å². The lowest BCUT2D eigenvalue weighted by atomic mass is 10.0. The van der Waals surface area contributed by atoms with E-state index in [2.05, 4.69) is 0 Å². The Labute approximate surface area is 159 Å². The maximum absolute atomic E-state index is 13.1. The van der Waals surface area contributed by atoms with Crippen LogP contribution < -0.4 is 14.2 Å². The van der Waals surface area contributed by atoms with Crippen LogP contribution in [0.3, 0.4) is 0 Å². The van der Waals surface area contributed by atoms with Gasteiger partial charge in [-0.2, -0.15) is 0 Å². The van der Waals surface area contributed by atoms with E-state index in [9.17, 15) is 4.79 Å². The van der Waals surface area contributed by atoms with E-state index in [1.807, 2.05) is 54.6 Å². The highest BCUT2D eigenvalue weighted by Gasteiger charge is 2.20. The zero-order valence-corrected chi connectivity index (χ0v) is 16.0. The maximum atomic E-state index is 13.1. The third-order valence-electron chi connectivity index (χ3n) is 4.56. The van der Waals surface area contributed by atoms with Crippen LogP contribution in [0, 0.1) is 0 Å². The summed E-state index contributed by atoms with van der Waals surface area (Å²) in [6.45, 7) is 0.381. The molecule has 0 aliphatic heterocycles. The van der Waals surface area contributed by atoms with Crippen LogP contribution in [-0.4, -0.2) is 39.2 Å². The molecule has 0 radical (unpaired) electrons. The fraction of sp³-hybridized carbons (Fsp3) is 0.227. The Morgan fingerprint density at radius 3 is 2.26 bits per heavy atom. The summed E-state index contributed by atoms with van der Waals surface area (Å²) in [6, 6.07) is 17.3. The highest BCUT2D eigenvalue weighted by Crippen LogP contribution is 2.40. The van der Waals surface area contributed by atoms with Gasteiger partial charge in [-0.3, -0.25) is 4.79 Å². The van der Waals surface area contributed by atoms with Gasteiger partial charge < -0.3 is 19.1 Å². The van der Waals surface area contributed by atoms with Gasteiger partial charge in [-0.25, -0.2) is 0 Å². The van der Waals surface area contributed by atoms with Gasteiger partial charge in [0.05, 0.1) is 21.3 Å². The first kappa shape index (κ1) is 18.6. The number of hydrogen-bond donors (Lipinski definition) is 0. The van der Waals surface area contributed by atoms with E-state index < -0.39 is 0 Å². The summed E-state index contributed by atoms with van der Waals surface area (Å²) >= 11 is 0. The van der Waals surface area contributed by atoms with Gasteiger partial charge in [0, 0.05) is 24.7 Å². The van der Waals surface area contributed by atoms with Crippen LogP contribution in [0.25, 0.3) is 10.8 Å². The minimum atomic E-state index is -0.0522. The van der Waals surface area contributed by atoms with Crippen molar-refractivity contribution in [2.75, 3.05) is 28.4 Å². The number of ether oxygens (including phenoxy) is 3. The fourth-order valence-electron chi connectivity index (χ4n) is 3.23. The van der Waals surface area contributed by atoms with E-state index >= 15 is 0 Å². The largest absolute Gasteiger partial charge is 0.493 e. The average molecular weight is 365 g/mol. The number of hydrogen-bond acceptors (Lipinski definition) is 4. The van der Waals surface area contributed by atoms with Crippen LogP contribution in [0.15, 0.2) is 54.6 Å². The molecule has 0 aromatic heterocycles. The summed E-state index contributed by atoms with van der Waals surface area (Å²) < 4.78 is 16.3. The molecule has 0 atom stereocenters. The van der Waals surface area contributed by atoms with Crippen molar-refractivity contribution in [2.45, 2.75) is 6.54 Å². The van der Waals surface area contributed by atoms with Crippen molar-refractivity contribution < 1.29 is 19.0 Å². The summed E-state index contributed by atoms with van der Waals surface area (Å²) in [4.78, 5) is 14.7. The van der Waals surface area contributed by atoms with Crippen LogP contribution in [-0.2, 0) is 6.54 Å². The fourth-order valence-corrected chi connectivity index (χ4v) is 3.23. The molecule has 0 fully saturated rings. The Kier molecular flexibility index (Phi) is 5.50. The quantitative estimate of drug-likeness (QED) is 0.659. The summed E-state index contributed by atoms with van der Waals surface area (Å²) in [5.74, 6) is 1.61. The summed E-state index contributed by atoms with van der Waals surface area (Å²) in [5.41, 5.74) is 1.52. The molecule has 0 spiro atoms. The van der Waals surface area contributed by atoms with Gasteiger partial charge in [-0.15, -0.1) is 0 Å². The van der Waals surface area contributed by atoms with Gasteiger partial charge in [0.25, 0.3) is 5.91 Å². The molecule has 3 rings (SSSR count). The first-order valence-corrected chi connectivity index (χ1v) is 8.61. The predicted octanol–water partition coefficient (Wildman–Crippen LogP) is 4.14. The van der Waals surface area contributed by atoms with E-state index in [1.54, 1.807) is 33.3 Å². The molecule has 0 saturated heterocycles. The minimum absolute atomic E-state index is 0.0522. The van der Waals surface area contributed by atoms with Crippen LogP contribution in [0.2, 0.25) is 0 Å². The summed E-state index contributed by atoms with van der Waals surface area (Å²) in [6.07, 6.45) is 0. The first-order valence-electron chi connectivity index (χ1n) is 8.61. The summed E-state index contributed by atoms with van der Waals surface area (Å²) in [5, 5.41) is 1.98. The number of methoxy groups -OCH3 is 3. The molecule has 140 valence electrons. The van der Waals surface area contributed by atoms with Crippen molar-refractivity contribution in [3.63, 3.8) is 0 Å². The second kappa shape index (κ2) is 7.99. The molecule has 3 aromatic rings. The molecule has 0 unspecified atom stereocenters. The smallest absolute Gasteiger partial charge is 0.254 e. The molecule has 0 aliphatic rings. The van der Waals surface area contributed by atoms with E-state index in [1.165, 1.54) is 0 Å². The van der Waals surface area contributed by atoms with Gasteiger partial charge in [-0.05, 0) is 29.0 Å². The van der Waals surface area contributed by atoms with Crippen molar-refractivity contribution in [3.05, 3.63) is 65.7 Å². The molecule has 0 N–H and O–H groups in total. The van der Waals surface area contributed by atoms with Gasteiger partial charge in [0.2, 0.25) is 5.75 Å². The predicted molar refractivity (Wildman–Crippen MR) is 106 cm³/mol. The number of amides is 1. The highest BCUT2D eigenvalue weighted by atomic mass is 16.5. The molecule has 27 heavy (non-hydrogen) atoms. The molecular formula is C22H23NO4. The topological polar surface area (TPSA) is 48.0 Å². The van der Waals surface area contributed by atoms with Crippen LogP contribution in [0.5, 0.6) is 17.2 Å². The number of carbonyl (C=O) groups excluding carboxylic acids is 1. The van der Waals surface area contributed by atoms with Crippen LogP contribution in [0.4, 0.5) is 0 Å². The summed E-state index contributed by atoms with van der Waals surface area (Å²) in [7, 11) is 6.50. The zero-order chi connectivity index (χ0) is 19.4. The number of fused-ring (bicyclic) bond motifs is 1. The van der Waals surface area contributed by atoms with E-state index in [0.717, 1.165) is 16.3 Å². The van der Waals surface area contributed by atoms with Gasteiger partial charge in [-0.1, -0.05) is 36.4 Å². The second-order valence-electron chi connectivity index (χ2n) is 6.18. The lowest BCUT2D eigenvalue weighted by molar-refractivity contribution is 0.0786. The number of carbonyl (C=O) groups is 1. The van der Waals surface area contributed by atoms with Gasteiger partial charge >= 0.3 is 0 Å². The van der Waals surface area contributed by atoms with Crippen molar-refractivity contribution in [2.24, 2.45) is 0 Å². The molecular weight excluding hydrogens is 342 g/mol. The SMILES string of the molecule is COc1ccc(CN(C)C(=O)c2cccc3ccccc23)c(OC)c1OC. The first-order chi connectivity index (χ1) is 13.1. The van der Waals surface area contributed by atoms with Crippen molar-refractivity contribution >= 4 is 16.7 Å². The molecule has 0 bridgehead atoms. The Balaban J connectivity index is 1.93. The Morgan fingerprint density at radius 1 is 0.852 bits per heavy atom. The van der Waals surface area contributed by atoms with E-state index in [4.69, 9.17) is 14.2 Å². The van der Waals surface area contributed by atoms with E-state index in [-0.39, 0.29) is 5.91 Å². The molecule has 0 saturated carbocycles.